The Morgan fingerprint density at radius 3 is 2.86 bits per heavy atom. The molecule has 2 heteroatoms. The van der Waals surface area contributed by atoms with Crippen molar-refractivity contribution in [2.24, 2.45) is 0 Å². The van der Waals surface area contributed by atoms with Crippen molar-refractivity contribution in [1.29, 1.82) is 0 Å². The third-order valence-corrected chi connectivity index (χ3v) is 2.37. The summed E-state index contributed by atoms with van der Waals surface area (Å²) < 4.78 is 0. The van der Waals surface area contributed by atoms with Gasteiger partial charge in [-0.2, -0.15) is 0 Å². The standard InChI is InChI=1S/C12H18ClN/c1-2-8-14-9-4-6-11-5-3-7-12(13)10-11/h3,5,7,10,14H,2,4,6,8-9H2,1H3. The van der Waals surface area contributed by atoms with E-state index in [0.29, 0.717) is 0 Å². The Morgan fingerprint density at radius 1 is 1.29 bits per heavy atom. The van der Waals surface area contributed by atoms with E-state index in [-0.39, 0.29) is 0 Å². The molecule has 1 aromatic carbocycles. The van der Waals surface area contributed by atoms with Crippen LogP contribution in [0.4, 0.5) is 0 Å². The van der Waals surface area contributed by atoms with Crippen LogP contribution in [0.5, 0.6) is 0 Å². The van der Waals surface area contributed by atoms with Gasteiger partial charge in [-0.25, -0.2) is 0 Å². The van der Waals surface area contributed by atoms with E-state index in [1.165, 1.54) is 18.4 Å². The Balaban J connectivity index is 2.18. The number of benzene rings is 1. The normalized spacial score (nSPS) is 10.4. The zero-order valence-corrected chi connectivity index (χ0v) is 9.48. The summed E-state index contributed by atoms with van der Waals surface area (Å²) in [6.07, 6.45) is 3.49. The molecule has 0 amide bonds. The van der Waals surface area contributed by atoms with Crippen LogP contribution in [0.15, 0.2) is 24.3 Å². The molecule has 1 nitrogen and oxygen atoms in total. The molecular formula is C12H18ClN. The summed E-state index contributed by atoms with van der Waals surface area (Å²) in [6, 6.07) is 8.10. The lowest BCUT2D eigenvalue weighted by Crippen LogP contribution is -2.16. The van der Waals surface area contributed by atoms with Crippen molar-refractivity contribution < 1.29 is 0 Å². The molecule has 0 aliphatic carbocycles. The zero-order chi connectivity index (χ0) is 10.2. The number of rotatable bonds is 6. The van der Waals surface area contributed by atoms with Gasteiger partial charge in [0.25, 0.3) is 0 Å². The topological polar surface area (TPSA) is 12.0 Å². The summed E-state index contributed by atoms with van der Waals surface area (Å²) in [4.78, 5) is 0. The maximum absolute atomic E-state index is 5.89. The SMILES string of the molecule is CCCNCCCc1cccc(Cl)c1. The molecule has 0 atom stereocenters. The minimum absolute atomic E-state index is 0.837. The first-order chi connectivity index (χ1) is 6.83. The van der Waals surface area contributed by atoms with Crippen molar-refractivity contribution in [3.05, 3.63) is 34.9 Å². The van der Waals surface area contributed by atoms with Gasteiger partial charge in [-0.3, -0.25) is 0 Å². The summed E-state index contributed by atoms with van der Waals surface area (Å²) in [5.41, 5.74) is 1.33. The summed E-state index contributed by atoms with van der Waals surface area (Å²) >= 11 is 5.89. The summed E-state index contributed by atoms with van der Waals surface area (Å²) in [5, 5.41) is 4.22. The van der Waals surface area contributed by atoms with Crippen molar-refractivity contribution in [3.63, 3.8) is 0 Å². The van der Waals surface area contributed by atoms with Gasteiger partial charge < -0.3 is 5.32 Å². The van der Waals surface area contributed by atoms with Crippen LogP contribution in [0.3, 0.4) is 0 Å². The molecular weight excluding hydrogens is 194 g/mol. The van der Waals surface area contributed by atoms with Crippen LogP contribution in [-0.4, -0.2) is 13.1 Å². The molecule has 0 spiro atoms. The summed E-state index contributed by atoms with van der Waals surface area (Å²) in [6.45, 7) is 4.40. The van der Waals surface area contributed by atoms with E-state index in [9.17, 15) is 0 Å². The average Bonchev–Trinajstić information content (AvgIpc) is 2.18. The van der Waals surface area contributed by atoms with Gasteiger partial charge in [0, 0.05) is 5.02 Å². The summed E-state index contributed by atoms with van der Waals surface area (Å²) in [5.74, 6) is 0. The molecule has 0 saturated heterocycles. The fraction of sp³-hybridized carbons (Fsp3) is 0.500. The molecule has 1 aromatic rings. The van der Waals surface area contributed by atoms with E-state index in [4.69, 9.17) is 11.6 Å². The van der Waals surface area contributed by atoms with Crippen LogP contribution < -0.4 is 5.32 Å². The van der Waals surface area contributed by atoms with E-state index >= 15 is 0 Å². The quantitative estimate of drug-likeness (QED) is 0.713. The molecule has 1 rings (SSSR count). The molecule has 0 saturated carbocycles. The molecule has 0 unspecified atom stereocenters. The molecule has 0 bridgehead atoms. The number of hydrogen-bond acceptors (Lipinski definition) is 1. The molecule has 78 valence electrons. The second kappa shape index (κ2) is 6.86. The predicted octanol–water partition coefficient (Wildman–Crippen LogP) is 3.27. The van der Waals surface area contributed by atoms with Gasteiger partial charge in [-0.1, -0.05) is 30.7 Å². The van der Waals surface area contributed by atoms with Crippen molar-refractivity contribution in [3.8, 4) is 0 Å². The minimum Gasteiger partial charge on any atom is -0.317 e. The fourth-order valence-corrected chi connectivity index (χ4v) is 1.62. The highest BCUT2D eigenvalue weighted by molar-refractivity contribution is 6.30. The van der Waals surface area contributed by atoms with E-state index in [0.717, 1.165) is 24.5 Å². The van der Waals surface area contributed by atoms with Gasteiger partial charge in [0.2, 0.25) is 0 Å². The lowest BCUT2D eigenvalue weighted by Gasteiger charge is -2.03. The van der Waals surface area contributed by atoms with Crippen LogP contribution in [0, 0.1) is 0 Å². The van der Waals surface area contributed by atoms with Crippen molar-refractivity contribution >= 4 is 11.6 Å². The highest BCUT2D eigenvalue weighted by Crippen LogP contribution is 2.11. The van der Waals surface area contributed by atoms with Crippen molar-refractivity contribution in [2.45, 2.75) is 26.2 Å². The first-order valence-electron chi connectivity index (χ1n) is 5.28. The van der Waals surface area contributed by atoms with Crippen LogP contribution in [0.2, 0.25) is 5.02 Å². The van der Waals surface area contributed by atoms with Gasteiger partial charge in [0.05, 0.1) is 0 Å². The Bertz CT molecular complexity index is 260. The van der Waals surface area contributed by atoms with Crippen LogP contribution in [-0.2, 0) is 6.42 Å². The first-order valence-corrected chi connectivity index (χ1v) is 5.66. The molecule has 0 heterocycles. The van der Waals surface area contributed by atoms with Crippen LogP contribution >= 0.6 is 11.6 Å². The highest BCUT2D eigenvalue weighted by Gasteiger charge is 1.93. The largest absolute Gasteiger partial charge is 0.317 e. The second-order valence-corrected chi connectivity index (χ2v) is 3.92. The van der Waals surface area contributed by atoms with Crippen LogP contribution in [0.1, 0.15) is 25.3 Å². The number of aryl methyl sites for hydroxylation is 1. The third-order valence-electron chi connectivity index (χ3n) is 2.13. The molecule has 14 heavy (non-hydrogen) atoms. The first kappa shape index (κ1) is 11.5. The van der Waals surface area contributed by atoms with E-state index in [1.807, 2.05) is 18.2 Å². The maximum Gasteiger partial charge on any atom is 0.0408 e. The zero-order valence-electron chi connectivity index (χ0n) is 8.72. The molecule has 0 radical (unpaired) electrons. The fourth-order valence-electron chi connectivity index (χ4n) is 1.41. The van der Waals surface area contributed by atoms with Gasteiger partial charge in [-0.05, 0) is 50.0 Å². The summed E-state index contributed by atoms with van der Waals surface area (Å²) in [7, 11) is 0. The average molecular weight is 212 g/mol. The smallest absolute Gasteiger partial charge is 0.0408 e. The molecule has 0 fully saturated rings. The lowest BCUT2D eigenvalue weighted by atomic mass is 10.1. The van der Waals surface area contributed by atoms with E-state index in [2.05, 4.69) is 18.3 Å². The monoisotopic (exact) mass is 211 g/mol. The molecule has 1 N–H and O–H groups in total. The van der Waals surface area contributed by atoms with Crippen LogP contribution in [0.25, 0.3) is 0 Å². The third kappa shape index (κ3) is 4.64. The number of nitrogens with one attached hydrogen (secondary N) is 1. The Kier molecular flexibility index (Phi) is 5.65. The molecule has 0 aromatic heterocycles. The van der Waals surface area contributed by atoms with Crippen molar-refractivity contribution in [1.82, 2.24) is 5.32 Å². The number of halogens is 1. The van der Waals surface area contributed by atoms with Gasteiger partial charge >= 0.3 is 0 Å². The van der Waals surface area contributed by atoms with Gasteiger partial charge in [-0.15, -0.1) is 0 Å². The van der Waals surface area contributed by atoms with Gasteiger partial charge in [0.15, 0.2) is 0 Å². The van der Waals surface area contributed by atoms with E-state index < -0.39 is 0 Å². The predicted molar refractivity (Wildman–Crippen MR) is 62.9 cm³/mol. The van der Waals surface area contributed by atoms with Gasteiger partial charge in [0.1, 0.15) is 0 Å². The highest BCUT2D eigenvalue weighted by atomic mass is 35.5. The molecule has 0 aliphatic rings. The van der Waals surface area contributed by atoms with E-state index in [1.54, 1.807) is 0 Å². The van der Waals surface area contributed by atoms with Crippen molar-refractivity contribution in [2.75, 3.05) is 13.1 Å². The maximum atomic E-state index is 5.89. The lowest BCUT2D eigenvalue weighted by molar-refractivity contribution is 0.640. The second-order valence-electron chi connectivity index (χ2n) is 3.48. The Morgan fingerprint density at radius 2 is 2.14 bits per heavy atom. The minimum atomic E-state index is 0.837. The number of hydrogen-bond donors (Lipinski definition) is 1. The Labute approximate surface area is 91.5 Å². The molecule has 0 aliphatic heterocycles. The Hall–Kier alpha value is -0.530.